The molecule has 1 saturated heterocycles. The first-order valence-electron chi connectivity index (χ1n) is 9.27. The molecule has 1 aromatic carbocycles. The van der Waals surface area contributed by atoms with Crippen LogP contribution in [0.15, 0.2) is 18.2 Å². The lowest BCUT2D eigenvalue weighted by molar-refractivity contribution is 0.152. The Morgan fingerprint density at radius 2 is 1.52 bits per heavy atom. The Morgan fingerprint density at radius 1 is 0.852 bits per heavy atom. The number of aromatic hydroxyl groups is 2. The van der Waals surface area contributed by atoms with Gasteiger partial charge in [-0.3, -0.25) is 0 Å². The van der Waals surface area contributed by atoms with Crippen molar-refractivity contribution in [3.8, 4) is 11.5 Å². The van der Waals surface area contributed by atoms with Gasteiger partial charge in [0.25, 0.3) is 0 Å². The summed E-state index contributed by atoms with van der Waals surface area (Å²) in [5.41, 5.74) is 1.05. The molecule has 2 rings (SSSR count). The number of likely N-dealkylation sites (N-methyl/N-ethyl adjacent to an activating group) is 1. The molecule has 1 fully saturated rings. The van der Waals surface area contributed by atoms with Gasteiger partial charge in [-0.25, -0.2) is 0 Å². The molecular weight excluding hydrogens is 542 g/mol. The molecule has 0 spiro atoms. The summed E-state index contributed by atoms with van der Waals surface area (Å²) in [6.45, 7) is 8.09. The minimum absolute atomic E-state index is 0. The summed E-state index contributed by atoms with van der Waals surface area (Å²) in [5, 5.41) is 22.2. The second-order valence-electron chi connectivity index (χ2n) is 6.88. The van der Waals surface area contributed by atoms with Crippen molar-refractivity contribution >= 4 is 50.9 Å². The summed E-state index contributed by atoms with van der Waals surface area (Å²) in [4.78, 5) is 4.99. The number of nitrogens with one attached hydrogen (secondary N) is 1. The number of benzene rings is 1. The SMILES string of the molecule is Br.Br.Br.CN1CCN(CCCCCCNCCc2ccc(O)c(O)c2)CC1. The monoisotopic (exact) mass is 575 g/mol. The summed E-state index contributed by atoms with van der Waals surface area (Å²) in [6, 6.07) is 5.04. The van der Waals surface area contributed by atoms with Crippen molar-refractivity contribution < 1.29 is 10.2 Å². The smallest absolute Gasteiger partial charge is 0.157 e. The van der Waals surface area contributed by atoms with Crippen molar-refractivity contribution in [2.45, 2.75) is 32.1 Å². The van der Waals surface area contributed by atoms with E-state index >= 15 is 0 Å². The number of unbranched alkanes of at least 4 members (excludes halogenated alkanes) is 3. The first-order valence-corrected chi connectivity index (χ1v) is 9.27. The van der Waals surface area contributed by atoms with Crippen molar-refractivity contribution in [2.75, 3.05) is 52.9 Å². The molecule has 0 bridgehead atoms. The van der Waals surface area contributed by atoms with Gasteiger partial charge in [0.05, 0.1) is 0 Å². The number of hydrogen-bond donors (Lipinski definition) is 3. The van der Waals surface area contributed by atoms with E-state index in [4.69, 9.17) is 0 Å². The van der Waals surface area contributed by atoms with E-state index in [-0.39, 0.29) is 62.4 Å². The van der Waals surface area contributed by atoms with Gasteiger partial charge in [-0.15, -0.1) is 50.9 Å². The maximum atomic E-state index is 9.45. The summed E-state index contributed by atoms with van der Waals surface area (Å²) in [7, 11) is 2.20. The average molecular weight is 578 g/mol. The van der Waals surface area contributed by atoms with E-state index in [0.717, 1.165) is 25.1 Å². The Morgan fingerprint density at radius 3 is 2.19 bits per heavy atom. The third kappa shape index (κ3) is 12.3. The zero-order valence-electron chi connectivity index (χ0n) is 16.2. The molecule has 27 heavy (non-hydrogen) atoms. The van der Waals surface area contributed by atoms with Gasteiger partial charge in [0.2, 0.25) is 0 Å². The number of hydrogen-bond acceptors (Lipinski definition) is 5. The van der Waals surface area contributed by atoms with Gasteiger partial charge in [0, 0.05) is 26.2 Å². The van der Waals surface area contributed by atoms with Crippen LogP contribution in [0.25, 0.3) is 0 Å². The number of piperazine rings is 1. The van der Waals surface area contributed by atoms with E-state index in [2.05, 4.69) is 22.2 Å². The molecule has 0 saturated carbocycles. The van der Waals surface area contributed by atoms with Gasteiger partial charge < -0.3 is 25.3 Å². The minimum Gasteiger partial charge on any atom is -0.504 e. The third-order valence-electron chi connectivity index (χ3n) is 4.80. The Hall–Kier alpha value is 0.140. The van der Waals surface area contributed by atoms with E-state index in [0.29, 0.717) is 0 Å². The van der Waals surface area contributed by atoms with Crippen LogP contribution in [0, 0.1) is 0 Å². The second-order valence-corrected chi connectivity index (χ2v) is 6.88. The van der Waals surface area contributed by atoms with E-state index in [1.165, 1.54) is 58.4 Å². The molecule has 1 aliphatic heterocycles. The van der Waals surface area contributed by atoms with Gasteiger partial charge in [-0.1, -0.05) is 18.9 Å². The Labute approximate surface area is 195 Å². The molecule has 0 aromatic heterocycles. The van der Waals surface area contributed by atoms with Gasteiger partial charge in [0.15, 0.2) is 11.5 Å². The molecule has 0 aliphatic carbocycles. The molecule has 8 heteroatoms. The highest BCUT2D eigenvalue weighted by molar-refractivity contribution is 8.93. The Balaban J connectivity index is 0. The molecule has 1 aromatic rings. The summed E-state index contributed by atoms with van der Waals surface area (Å²) in [5.74, 6) is -0.0869. The van der Waals surface area contributed by atoms with Crippen LogP contribution in [0.5, 0.6) is 11.5 Å². The van der Waals surface area contributed by atoms with Gasteiger partial charge in [-0.2, -0.15) is 0 Å². The highest BCUT2D eigenvalue weighted by atomic mass is 79.9. The second kappa shape index (κ2) is 17.0. The van der Waals surface area contributed by atoms with Crippen LogP contribution in [0.4, 0.5) is 0 Å². The summed E-state index contributed by atoms with van der Waals surface area (Å²) in [6.07, 6.45) is 6.03. The number of halogens is 3. The topological polar surface area (TPSA) is 59.0 Å². The predicted molar refractivity (Wildman–Crippen MR) is 130 cm³/mol. The standard InChI is InChI=1S/C19H33N3O2.3BrH/c1-21-12-14-22(15-13-21)11-5-3-2-4-9-20-10-8-17-6-7-18(23)19(24)16-17;;;/h6-7,16,20,23-24H,2-5,8-15H2,1H3;3*1H. The Kier molecular flexibility index (Phi) is 18.5. The fraction of sp³-hybridized carbons (Fsp3) is 0.684. The van der Waals surface area contributed by atoms with E-state index in [1.54, 1.807) is 12.1 Å². The van der Waals surface area contributed by atoms with Gasteiger partial charge >= 0.3 is 0 Å². The van der Waals surface area contributed by atoms with Crippen molar-refractivity contribution in [1.29, 1.82) is 0 Å². The molecule has 0 atom stereocenters. The van der Waals surface area contributed by atoms with Gasteiger partial charge in [0.1, 0.15) is 0 Å². The van der Waals surface area contributed by atoms with Crippen molar-refractivity contribution in [1.82, 2.24) is 15.1 Å². The molecule has 1 aliphatic rings. The van der Waals surface area contributed by atoms with E-state index in [1.807, 2.05) is 6.07 Å². The first-order chi connectivity index (χ1) is 11.6. The molecular formula is C19H36Br3N3O2. The lowest BCUT2D eigenvalue weighted by Gasteiger charge is -2.32. The molecule has 5 nitrogen and oxygen atoms in total. The van der Waals surface area contributed by atoms with Crippen LogP contribution in [0.3, 0.4) is 0 Å². The van der Waals surface area contributed by atoms with Crippen molar-refractivity contribution in [3.63, 3.8) is 0 Å². The fourth-order valence-corrected chi connectivity index (χ4v) is 3.09. The van der Waals surface area contributed by atoms with Crippen LogP contribution in [0.2, 0.25) is 0 Å². The fourth-order valence-electron chi connectivity index (χ4n) is 3.09. The average Bonchev–Trinajstić information content (AvgIpc) is 2.58. The maximum Gasteiger partial charge on any atom is 0.157 e. The molecule has 0 unspecified atom stereocenters. The molecule has 0 amide bonds. The number of phenols is 2. The lowest BCUT2D eigenvalue weighted by atomic mass is 10.1. The zero-order chi connectivity index (χ0) is 17.2. The number of nitrogens with zero attached hydrogens (tertiary/aromatic N) is 2. The van der Waals surface area contributed by atoms with Crippen LogP contribution < -0.4 is 5.32 Å². The molecule has 1 heterocycles. The van der Waals surface area contributed by atoms with E-state index < -0.39 is 0 Å². The van der Waals surface area contributed by atoms with E-state index in [9.17, 15) is 10.2 Å². The first kappa shape index (κ1) is 29.3. The number of phenolic OH excluding ortho intramolecular Hbond substituents is 2. The zero-order valence-corrected chi connectivity index (χ0v) is 21.4. The largest absolute Gasteiger partial charge is 0.504 e. The highest BCUT2D eigenvalue weighted by Gasteiger charge is 2.12. The predicted octanol–water partition coefficient (Wildman–Crippen LogP) is 3.77. The quantitative estimate of drug-likeness (QED) is 0.292. The summed E-state index contributed by atoms with van der Waals surface area (Å²) < 4.78 is 0. The lowest BCUT2D eigenvalue weighted by Crippen LogP contribution is -2.44. The maximum absolute atomic E-state index is 9.45. The van der Waals surface area contributed by atoms with Crippen LogP contribution >= 0.6 is 50.9 Å². The minimum atomic E-state index is -0.0525. The highest BCUT2D eigenvalue weighted by Crippen LogP contribution is 2.24. The van der Waals surface area contributed by atoms with Crippen LogP contribution in [-0.4, -0.2) is 72.9 Å². The van der Waals surface area contributed by atoms with Crippen LogP contribution in [-0.2, 0) is 6.42 Å². The molecule has 160 valence electrons. The normalized spacial score (nSPS) is 14.7. The number of rotatable bonds is 10. The Bertz CT molecular complexity index is 487. The van der Waals surface area contributed by atoms with Crippen LogP contribution in [0.1, 0.15) is 31.2 Å². The van der Waals surface area contributed by atoms with Gasteiger partial charge in [-0.05, 0) is 63.6 Å². The van der Waals surface area contributed by atoms with Crippen molar-refractivity contribution in [3.05, 3.63) is 23.8 Å². The molecule has 3 N–H and O–H groups in total. The van der Waals surface area contributed by atoms with Crippen molar-refractivity contribution in [2.24, 2.45) is 0 Å². The molecule has 0 radical (unpaired) electrons. The summed E-state index contributed by atoms with van der Waals surface area (Å²) >= 11 is 0. The third-order valence-corrected chi connectivity index (χ3v) is 4.80.